The van der Waals surface area contributed by atoms with Crippen LogP contribution in [0.3, 0.4) is 0 Å². The van der Waals surface area contributed by atoms with Crippen molar-refractivity contribution in [3.05, 3.63) is 53.8 Å². The first-order valence-electron chi connectivity index (χ1n) is 5.60. The summed E-state index contributed by atoms with van der Waals surface area (Å²) in [5.74, 6) is -0.480. The molecule has 0 amide bonds. The number of nitriles is 1. The van der Waals surface area contributed by atoms with Crippen LogP contribution in [-0.2, 0) is 0 Å². The Labute approximate surface area is 106 Å². The lowest BCUT2D eigenvalue weighted by molar-refractivity contribution is 0.624. The van der Waals surface area contributed by atoms with Crippen molar-refractivity contribution in [3.63, 3.8) is 0 Å². The van der Waals surface area contributed by atoms with Crippen LogP contribution < -0.4 is 4.90 Å². The van der Waals surface area contributed by atoms with Crippen LogP contribution >= 0.6 is 0 Å². The van der Waals surface area contributed by atoms with Gasteiger partial charge >= 0.3 is 0 Å². The number of rotatable bonds is 2. The van der Waals surface area contributed by atoms with Gasteiger partial charge < -0.3 is 4.90 Å². The maximum absolute atomic E-state index is 13.5. The molecule has 0 spiro atoms. The molecule has 0 heterocycles. The van der Waals surface area contributed by atoms with Crippen LogP contribution in [0.15, 0.2) is 42.5 Å². The van der Waals surface area contributed by atoms with Crippen LogP contribution in [0.4, 0.5) is 10.1 Å². The second kappa shape index (κ2) is 4.89. The molecule has 0 radical (unpaired) electrons. The number of anilines is 1. The van der Waals surface area contributed by atoms with E-state index in [2.05, 4.69) is 0 Å². The minimum atomic E-state index is -0.480. The standard InChI is InChI=1S/C15H13FN2/c1-18(2)12-8-6-11(7-9-12)13-4-3-5-15(16)14(13)10-17/h3-9H,1-2H3. The topological polar surface area (TPSA) is 27.0 Å². The predicted molar refractivity (Wildman–Crippen MR) is 70.9 cm³/mol. The lowest BCUT2D eigenvalue weighted by atomic mass is 10.00. The minimum absolute atomic E-state index is 0.0927. The van der Waals surface area contributed by atoms with Crippen molar-refractivity contribution < 1.29 is 4.39 Å². The van der Waals surface area contributed by atoms with Crippen LogP contribution in [0.25, 0.3) is 11.1 Å². The molecule has 2 aromatic rings. The molecule has 2 rings (SSSR count). The van der Waals surface area contributed by atoms with Gasteiger partial charge in [0.2, 0.25) is 0 Å². The smallest absolute Gasteiger partial charge is 0.141 e. The van der Waals surface area contributed by atoms with Crippen molar-refractivity contribution in [3.8, 4) is 17.2 Å². The Kier molecular flexibility index (Phi) is 3.29. The van der Waals surface area contributed by atoms with Gasteiger partial charge in [0.1, 0.15) is 11.9 Å². The van der Waals surface area contributed by atoms with Gasteiger partial charge in [0.25, 0.3) is 0 Å². The van der Waals surface area contributed by atoms with Gasteiger partial charge in [0.15, 0.2) is 0 Å². The van der Waals surface area contributed by atoms with Gasteiger partial charge in [-0.2, -0.15) is 5.26 Å². The van der Waals surface area contributed by atoms with Gasteiger partial charge in [0.05, 0.1) is 5.56 Å². The summed E-state index contributed by atoms with van der Waals surface area (Å²) in [5.41, 5.74) is 2.63. The molecule has 2 aromatic carbocycles. The van der Waals surface area contributed by atoms with Gasteiger partial charge in [-0.25, -0.2) is 4.39 Å². The molecular weight excluding hydrogens is 227 g/mol. The van der Waals surface area contributed by atoms with Crippen molar-refractivity contribution in [2.45, 2.75) is 0 Å². The summed E-state index contributed by atoms with van der Waals surface area (Å²) in [6.45, 7) is 0. The molecule has 90 valence electrons. The normalized spacial score (nSPS) is 9.89. The molecule has 0 aliphatic rings. The van der Waals surface area contributed by atoms with Crippen molar-refractivity contribution >= 4 is 5.69 Å². The molecule has 18 heavy (non-hydrogen) atoms. The lowest BCUT2D eigenvalue weighted by Gasteiger charge is -2.13. The zero-order valence-electron chi connectivity index (χ0n) is 10.3. The fourth-order valence-electron chi connectivity index (χ4n) is 1.82. The monoisotopic (exact) mass is 240 g/mol. The fourth-order valence-corrected chi connectivity index (χ4v) is 1.82. The summed E-state index contributed by atoms with van der Waals surface area (Å²) >= 11 is 0. The number of nitrogens with zero attached hydrogens (tertiary/aromatic N) is 2. The first kappa shape index (κ1) is 12.1. The summed E-state index contributed by atoms with van der Waals surface area (Å²) in [5, 5.41) is 9.01. The summed E-state index contributed by atoms with van der Waals surface area (Å²) in [4.78, 5) is 1.99. The average molecular weight is 240 g/mol. The highest BCUT2D eigenvalue weighted by Gasteiger charge is 2.09. The van der Waals surface area contributed by atoms with E-state index in [1.54, 1.807) is 12.1 Å². The van der Waals surface area contributed by atoms with Gasteiger partial charge in [-0.1, -0.05) is 24.3 Å². The highest BCUT2D eigenvalue weighted by Crippen LogP contribution is 2.26. The van der Waals surface area contributed by atoms with E-state index in [0.717, 1.165) is 11.3 Å². The number of hydrogen-bond acceptors (Lipinski definition) is 2. The number of hydrogen-bond donors (Lipinski definition) is 0. The fraction of sp³-hybridized carbons (Fsp3) is 0.133. The zero-order valence-corrected chi connectivity index (χ0v) is 10.3. The molecular formula is C15H13FN2. The largest absolute Gasteiger partial charge is 0.378 e. The molecule has 0 bridgehead atoms. The molecule has 3 heteroatoms. The molecule has 0 aliphatic carbocycles. The van der Waals surface area contributed by atoms with Gasteiger partial charge in [-0.3, -0.25) is 0 Å². The molecule has 0 fully saturated rings. The molecule has 0 unspecified atom stereocenters. The van der Waals surface area contributed by atoms with Crippen LogP contribution in [0.5, 0.6) is 0 Å². The summed E-state index contributed by atoms with van der Waals surface area (Å²) < 4.78 is 13.5. The van der Waals surface area contributed by atoms with Crippen LogP contribution in [0.2, 0.25) is 0 Å². The Morgan fingerprint density at radius 1 is 1.06 bits per heavy atom. The van der Waals surface area contributed by atoms with E-state index in [0.29, 0.717) is 5.56 Å². The maximum Gasteiger partial charge on any atom is 0.141 e. The summed E-state index contributed by atoms with van der Waals surface area (Å²) in [7, 11) is 3.91. The van der Waals surface area contributed by atoms with Gasteiger partial charge in [-0.05, 0) is 23.8 Å². The third kappa shape index (κ3) is 2.18. The second-order valence-corrected chi connectivity index (χ2v) is 4.22. The molecule has 2 nitrogen and oxygen atoms in total. The maximum atomic E-state index is 13.5. The van der Waals surface area contributed by atoms with E-state index in [9.17, 15) is 4.39 Å². The third-order valence-electron chi connectivity index (χ3n) is 2.82. The Bertz CT molecular complexity index is 595. The van der Waals surface area contributed by atoms with E-state index in [4.69, 9.17) is 5.26 Å². The molecule has 0 aromatic heterocycles. The Hall–Kier alpha value is -2.34. The molecule has 0 aliphatic heterocycles. The second-order valence-electron chi connectivity index (χ2n) is 4.22. The Balaban J connectivity index is 2.50. The highest BCUT2D eigenvalue weighted by molar-refractivity contribution is 5.72. The molecule has 0 saturated heterocycles. The summed E-state index contributed by atoms with van der Waals surface area (Å²) in [6, 6.07) is 14.3. The molecule has 0 atom stereocenters. The Morgan fingerprint density at radius 3 is 2.28 bits per heavy atom. The zero-order chi connectivity index (χ0) is 13.1. The van der Waals surface area contributed by atoms with Crippen molar-refractivity contribution in [1.82, 2.24) is 0 Å². The van der Waals surface area contributed by atoms with E-state index in [1.165, 1.54) is 6.07 Å². The van der Waals surface area contributed by atoms with Crippen molar-refractivity contribution in [2.24, 2.45) is 0 Å². The highest BCUT2D eigenvalue weighted by atomic mass is 19.1. The molecule has 0 saturated carbocycles. The van der Waals surface area contributed by atoms with Gasteiger partial charge in [-0.15, -0.1) is 0 Å². The van der Waals surface area contributed by atoms with Crippen LogP contribution in [0, 0.1) is 17.1 Å². The number of halogens is 1. The lowest BCUT2D eigenvalue weighted by Crippen LogP contribution is -2.07. The first-order valence-corrected chi connectivity index (χ1v) is 5.60. The van der Waals surface area contributed by atoms with Crippen molar-refractivity contribution in [2.75, 3.05) is 19.0 Å². The Morgan fingerprint density at radius 2 is 1.72 bits per heavy atom. The van der Waals surface area contributed by atoms with Gasteiger partial charge in [0, 0.05) is 25.3 Å². The van der Waals surface area contributed by atoms with Crippen LogP contribution in [-0.4, -0.2) is 14.1 Å². The quantitative estimate of drug-likeness (QED) is 0.804. The molecule has 0 N–H and O–H groups in total. The SMILES string of the molecule is CN(C)c1ccc(-c2cccc(F)c2C#N)cc1. The van der Waals surface area contributed by atoms with Crippen molar-refractivity contribution in [1.29, 1.82) is 5.26 Å². The van der Waals surface area contributed by atoms with E-state index in [1.807, 2.05) is 49.3 Å². The van der Waals surface area contributed by atoms with E-state index >= 15 is 0 Å². The minimum Gasteiger partial charge on any atom is -0.378 e. The van der Waals surface area contributed by atoms with Crippen LogP contribution in [0.1, 0.15) is 5.56 Å². The van der Waals surface area contributed by atoms with E-state index in [-0.39, 0.29) is 5.56 Å². The average Bonchev–Trinajstić information content (AvgIpc) is 2.38. The summed E-state index contributed by atoms with van der Waals surface area (Å²) in [6.07, 6.45) is 0. The predicted octanol–water partition coefficient (Wildman–Crippen LogP) is 3.43. The first-order chi connectivity index (χ1) is 8.63. The third-order valence-corrected chi connectivity index (χ3v) is 2.82. The van der Waals surface area contributed by atoms with E-state index < -0.39 is 5.82 Å². The number of benzene rings is 2.